The number of rotatable bonds is 8. The van der Waals surface area contributed by atoms with Gasteiger partial charge in [-0.25, -0.2) is 13.5 Å². The summed E-state index contributed by atoms with van der Waals surface area (Å²) >= 11 is 0. The molecule has 122 heavy (non-hydrogen) atoms. The van der Waals surface area contributed by atoms with Gasteiger partial charge in [-0.15, -0.1) is 0 Å². The van der Waals surface area contributed by atoms with Crippen molar-refractivity contribution >= 4 is 49.3 Å². The first-order valence-corrected chi connectivity index (χ1v) is 42.2. The molecular weight excluding hydrogens is 1480 g/mol. The Kier molecular flexibility index (Phi) is 16.1. The number of hydrogen-bond acceptors (Lipinski definition) is 3. The van der Waals surface area contributed by atoms with Crippen molar-refractivity contribution in [1.82, 2.24) is 28.8 Å². The lowest BCUT2D eigenvalue weighted by Gasteiger charge is -2.34. The van der Waals surface area contributed by atoms with E-state index in [0.717, 1.165) is 66.9 Å². The molecule has 0 fully saturated rings. The van der Waals surface area contributed by atoms with Gasteiger partial charge in [0.2, 0.25) is 0 Å². The van der Waals surface area contributed by atoms with Gasteiger partial charge in [-0.3, -0.25) is 0 Å². The van der Waals surface area contributed by atoms with E-state index in [-0.39, 0.29) is 10.8 Å². The summed E-state index contributed by atoms with van der Waals surface area (Å²) in [4.78, 5) is 0. The second-order valence-electron chi connectivity index (χ2n) is 33.4. The molecule has 1 spiro atoms. The standard InChI is InChI=1S/C42H26N2.C42H28N2.C32H24N2/c1-8-16-41-29(9-1)21-23-31-26-40(43-44(31)41)28-19-17-27(18-20-28)30-22-24-35-34-12-4-7-15-38(34)42(39(35)25-30)36-13-5-2-10-32(36)33-11-3-6-14-37(33)42;1-3-12-33(13-4-1)42(34-14-5-2-6-15-34)38-17-9-8-16-36(38)37-26-24-32(27-39(37)42)29-19-21-30(22-20-29)40-28-35-25-23-31-11-7-10-18-41(31)44(35)43-40;1-32(2)28-9-5-4-8-26(28)27-18-16-24(19-29(27)32)21-11-13-22(14-12-21)30-20-25-17-15-23-7-3-6-10-31(23)34(25)33-30/h1-26H;1-28H;3-20H,1-2H3. The number of para-hydroxylation sites is 3. The predicted octanol–water partition coefficient (Wildman–Crippen LogP) is 28.5. The molecule has 4 aliphatic rings. The smallest absolute Gasteiger partial charge is 0.0933 e. The molecule has 0 unspecified atom stereocenters. The van der Waals surface area contributed by atoms with E-state index in [0.29, 0.717) is 0 Å². The Morgan fingerprint density at radius 2 is 0.434 bits per heavy atom. The topological polar surface area (TPSA) is 51.9 Å². The molecule has 6 heterocycles. The van der Waals surface area contributed by atoms with Crippen molar-refractivity contribution in [2.24, 2.45) is 0 Å². The third-order valence-corrected chi connectivity index (χ3v) is 26.6. The van der Waals surface area contributed by atoms with Crippen LogP contribution in [0.25, 0.3) is 161 Å². The SMILES string of the molecule is CC1(C)c2ccccc2-c2ccc(-c3ccc(-c4cc5ccc6ccccc6n5n4)cc3)cc21.c1ccc(C2(c3ccccc3)c3ccccc3-c3ccc(-c4ccc(-c5cc6ccc7ccccc7n6n5)cc4)cc32)cc1.c1ccc2c(c1)-c1ccccc1C21c2ccccc2-c2ccc(-c3ccc(-c4cc5ccc6ccccc6n5n4)cc3)cc21. The van der Waals surface area contributed by atoms with Gasteiger partial charge in [0.05, 0.1) is 61.0 Å². The maximum atomic E-state index is 4.99. The van der Waals surface area contributed by atoms with Crippen LogP contribution in [0.3, 0.4) is 0 Å². The highest BCUT2D eigenvalue weighted by Crippen LogP contribution is 2.64. The monoisotopic (exact) mass is 1550 g/mol. The fourth-order valence-electron chi connectivity index (χ4n) is 20.8. The molecule has 0 saturated carbocycles. The van der Waals surface area contributed by atoms with Gasteiger partial charge < -0.3 is 0 Å². The van der Waals surface area contributed by atoms with E-state index in [4.69, 9.17) is 15.3 Å². The molecule has 6 aromatic heterocycles. The van der Waals surface area contributed by atoms with Crippen LogP contribution >= 0.6 is 0 Å². The van der Waals surface area contributed by atoms with E-state index >= 15 is 0 Å². The van der Waals surface area contributed by atoms with E-state index in [1.54, 1.807) is 0 Å². The summed E-state index contributed by atoms with van der Waals surface area (Å²) in [6.07, 6.45) is 0. The van der Waals surface area contributed by atoms with Crippen molar-refractivity contribution < 1.29 is 0 Å². The van der Waals surface area contributed by atoms with Gasteiger partial charge in [-0.05, 0) is 206 Å². The number of fused-ring (bicyclic) bond motifs is 25. The first-order chi connectivity index (χ1) is 60.2. The molecule has 22 aromatic rings. The summed E-state index contributed by atoms with van der Waals surface area (Å²) in [6, 6.07) is 159. The fraction of sp³-hybridized carbons (Fsp3) is 0.0431. The maximum Gasteiger partial charge on any atom is 0.0933 e. The lowest BCUT2D eigenvalue weighted by Crippen LogP contribution is -2.28. The Morgan fingerprint density at radius 3 is 0.795 bits per heavy atom. The normalized spacial score (nSPS) is 13.5. The maximum absolute atomic E-state index is 4.99. The summed E-state index contributed by atoms with van der Waals surface area (Å²) in [5, 5.41) is 18.5. The van der Waals surface area contributed by atoms with Crippen molar-refractivity contribution in [2.45, 2.75) is 30.1 Å². The van der Waals surface area contributed by atoms with Crippen molar-refractivity contribution in [3.63, 3.8) is 0 Å². The zero-order valence-electron chi connectivity index (χ0n) is 67.3. The third-order valence-electron chi connectivity index (χ3n) is 26.6. The van der Waals surface area contributed by atoms with Crippen LogP contribution in [0.5, 0.6) is 0 Å². The first kappa shape index (κ1) is 70.6. The van der Waals surface area contributed by atoms with E-state index < -0.39 is 5.41 Å². The highest BCUT2D eigenvalue weighted by atomic mass is 15.2. The molecule has 0 bridgehead atoms. The summed E-state index contributed by atoms with van der Waals surface area (Å²) in [6.45, 7) is 4.66. The average molecular weight is 1560 g/mol. The molecule has 0 atom stereocenters. The van der Waals surface area contributed by atoms with Gasteiger partial charge in [-0.2, -0.15) is 15.3 Å². The van der Waals surface area contributed by atoms with Gasteiger partial charge in [0.15, 0.2) is 0 Å². The minimum atomic E-state index is -0.399. The van der Waals surface area contributed by atoms with Gasteiger partial charge in [-0.1, -0.05) is 378 Å². The summed E-state index contributed by atoms with van der Waals surface area (Å²) in [5.74, 6) is 0. The van der Waals surface area contributed by atoms with Crippen LogP contribution in [-0.4, -0.2) is 28.8 Å². The number of nitrogens with zero attached hydrogens (tertiary/aromatic N) is 6. The van der Waals surface area contributed by atoms with Crippen LogP contribution in [0, 0.1) is 0 Å². The molecule has 16 aromatic carbocycles. The van der Waals surface area contributed by atoms with Crippen LogP contribution in [0.15, 0.2) is 437 Å². The van der Waals surface area contributed by atoms with Gasteiger partial charge in [0.1, 0.15) is 0 Å². The van der Waals surface area contributed by atoms with Crippen molar-refractivity contribution in [2.75, 3.05) is 0 Å². The molecule has 0 aliphatic heterocycles. The third kappa shape index (κ3) is 10.9. The fourth-order valence-corrected chi connectivity index (χ4v) is 20.8. The molecule has 0 N–H and O–H groups in total. The second-order valence-corrected chi connectivity index (χ2v) is 33.4. The Labute approximate surface area is 707 Å². The lowest BCUT2D eigenvalue weighted by molar-refractivity contribution is 0.660. The largest absolute Gasteiger partial charge is 0.232 e. The van der Waals surface area contributed by atoms with E-state index in [9.17, 15) is 0 Å². The van der Waals surface area contributed by atoms with Crippen LogP contribution in [-0.2, 0) is 16.2 Å². The van der Waals surface area contributed by atoms with Crippen LogP contribution < -0.4 is 0 Å². The molecule has 6 heteroatoms. The molecule has 6 nitrogen and oxygen atoms in total. The molecule has 0 amide bonds. The Balaban J connectivity index is 0.000000104. The van der Waals surface area contributed by atoms with Crippen LogP contribution in [0.4, 0.5) is 0 Å². The molecular formula is C116H78N6. The quantitative estimate of drug-likeness (QED) is 0.152. The Morgan fingerprint density at radius 1 is 0.180 bits per heavy atom. The minimum absolute atomic E-state index is 0.0151. The second kappa shape index (κ2) is 27.8. The first-order valence-electron chi connectivity index (χ1n) is 42.2. The van der Waals surface area contributed by atoms with Crippen LogP contribution in [0.1, 0.15) is 69.5 Å². The summed E-state index contributed by atoms with van der Waals surface area (Å²) in [5.41, 5.74) is 43.8. The molecule has 0 saturated heterocycles. The number of aromatic nitrogens is 6. The zero-order valence-corrected chi connectivity index (χ0v) is 67.3. The molecule has 4 aliphatic carbocycles. The van der Waals surface area contributed by atoms with E-state index in [1.807, 2.05) is 13.5 Å². The zero-order chi connectivity index (χ0) is 80.8. The lowest BCUT2D eigenvalue weighted by atomic mass is 9.67. The minimum Gasteiger partial charge on any atom is -0.232 e. The van der Waals surface area contributed by atoms with Crippen molar-refractivity contribution in [3.8, 4) is 112 Å². The average Bonchev–Trinajstić information content (AvgIpc) is 1.51. The summed E-state index contributed by atoms with van der Waals surface area (Å²) < 4.78 is 6.13. The van der Waals surface area contributed by atoms with Crippen molar-refractivity contribution in [3.05, 3.63) is 492 Å². The number of pyridine rings is 3. The molecule has 26 rings (SSSR count). The predicted molar refractivity (Wildman–Crippen MR) is 502 cm³/mol. The number of benzene rings is 16. The number of hydrogen-bond donors (Lipinski definition) is 0. The summed E-state index contributed by atoms with van der Waals surface area (Å²) in [7, 11) is 0. The van der Waals surface area contributed by atoms with Gasteiger partial charge in [0, 0.05) is 38.3 Å². The van der Waals surface area contributed by atoms with E-state index in [1.165, 1.54) is 150 Å². The Bertz CT molecular complexity index is 7600. The van der Waals surface area contributed by atoms with Gasteiger partial charge >= 0.3 is 0 Å². The van der Waals surface area contributed by atoms with Crippen LogP contribution in [0.2, 0.25) is 0 Å². The molecule has 0 radical (unpaired) electrons. The molecule has 572 valence electrons. The van der Waals surface area contributed by atoms with Crippen molar-refractivity contribution in [1.29, 1.82) is 0 Å². The highest BCUT2D eigenvalue weighted by Gasteiger charge is 2.52. The highest BCUT2D eigenvalue weighted by molar-refractivity contribution is 5.97. The van der Waals surface area contributed by atoms with E-state index in [2.05, 4.69) is 451 Å². The van der Waals surface area contributed by atoms with Gasteiger partial charge in [0.25, 0.3) is 0 Å². The Hall–Kier alpha value is -15.6.